The summed E-state index contributed by atoms with van der Waals surface area (Å²) < 4.78 is 0. The molecule has 3 N–H and O–H groups in total. The number of nitrogens with zero attached hydrogens (tertiary/aromatic N) is 2. The van der Waals surface area contributed by atoms with Crippen LogP contribution in [0.15, 0.2) is 86.8 Å². The highest BCUT2D eigenvalue weighted by Crippen LogP contribution is 2.28. The van der Waals surface area contributed by atoms with Crippen molar-refractivity contribution in [3.05, 3.63) is 99.4 Å². The Morgan fingerprint density at radius 1 is 1.12 bits per heavy atom. The van der Waals surface area contributed by atoms with Gasteiger partial charge in [0.2, 0.25) is 0 Å². The summed E-state index contributed by atoms with van der Waals surface area (Å²) in [5, 5.41) is 12.6. The Hall–Kier alpha value is -4.19. The molecule has 2 bridgehead atoms. The second kappa shape index (κ2) is 16.9. The highest BCUT2D eigenvalue weighted by atomic mass is 16.4. The van der Waals surface area contributed by atoms with Crippen molar-refractivity contribution in [3.63, 3.8) is 0 Å². The average molecular weight is 569 g/mol. The summed E-state index contributed by atoms with van der Waals surface area (Å²) in [5.74, 6) is -0.814. The Bertz CT molecular complexity index is 1400. The number of rotatable bonds is 11. The molecule has 0 fully saturated rings. The number of H-pyrrole nitrogens is 1. The minimum Gasteiger partial charge on any atom is -0.481 e. The lowest BCUT2D eigenvalue weighted by atomic mass is 9.96. The number of carboxylic acid groups (broad SMARTS) is 1. The number of carboxylic acids is 1. The van der Waals surface area contributed by atoms with Gasteiger partial charge in [-0.2, -0.15) is 0 Å². The fraction of sp³-hybridized carbons (Fsp3) is 0.361. The predicted molar refractivity (Wildman–Crippen MR) is 182 cm³/mol. The van der Waals surface area contributed by atoms with E-state index in [1.165, 1.54) is 5.57 Å². The summed E-state index contributed by atoms with van der Waals surface area (Å²) in [6, 6.07) is 0. The summed E-state index contributed by atoms with van der Waals surface area (Å²) in [6.45, 7) is 22.6. The molecule has 0 aromatic carbocycles. The zero-order valence-electron chi connectivity index (χ0n) is 26.4. The molecule has 1 aliphatic rings. The second-order valence-corrected chi connectivity index (χ2v) is 10.4. The molecule has 2 rings (SSSR count). The Balaban J connectivity index is 2.96. The maximum absolute atomic E-state index is 11.3. The van der Waals surface area contributed by atoms with E-state index in [0.717, 1.165) is 81.3 Å². The molecule has 0 unspecified atom stereocenters. The molecule has 0 amide bonds. The highest BCUT2D eigenvalue weighted by molar-refractivity contribution is 5.97. The fourth-order valence-electron chi connectivity index (χ4n) is 5.02. The maximum Gasteiger partial charge on any atom is 0.303 e. The van der Waals surface area contributed by atoms with Gasteiger partial charge in [0.05, 0.1) is 5.70 Å². The van der Waals surface area contributed by atoms with E-state index < -0.39 is 5.97 Å². The van der Waals surface area contributed by atoms with Crippen molar-refractivity contribution in [1.29, 1.82) is 0 Å². The summed E-state index contributed by atoms with van der Waals surface area (Å²) in [4.78, 5) is 24.4. The first-order valence-electron chi connectivity index (χ1n) is 14.8. The first-order valence-corrected chi connectivity index (χ1v) is 14.8. The molecule has 1 aromatic heterocycles. The summed E-state index contributed by atoms with van der Waals surface area (Å²) in [7, 11) is 1.92. The Morgan fingerprint density at radius 3 is 2.43 bits per heavy atom. The number of aromatic nitrogens is 1. The van der Waals surface area contributed by atoms with Crippen LogP contribution in [0, 0.1) is 6.92 Å². The van der Waals surface area contributed by atoms with E-state index in [9.17, 15) is 9.90 Å². The number of aromatic amines is 1. The summed E-state index contributed by atoms with van der Waals surface area (Å²) >= 11 is 0. The van der Waals surface area contributed by atoms with Gasteiger partial charge in [0, 0.05) is 47.5 Å². The number of fused-ring (bicyclic) bond motifs is 2. The van der Waals surface area contributed by atoms with E-state index in [-0.39, 0.29) is 6.42 Å². The molecular formula is C36H48N4O2. The third-order valence-corrected chi connectivity index (χ3v) is 7.49. The van der Waals surface area contributed by atoms with Crippen molar-refractivity contribution in [1.82, 2.24) is 10.3 Å². The van der Waals surface area contributed by atoms with Crippen LogP contribution in [0.4, 0.5) is 0 Å². The zero-order chi connectivity index (χ0) is 31.2. The SMILES string of the molecule is C=CC1=C(C)/C(NC)=C/c2[nH]c(c(C)c2C=C)\C=C(CC)/N=C(CCCC(=O)O)/C=C(N=C)/C(CCC)=C(/C)C\C=C\1. The van der Waals surface area contributed by atoms with Gasteiger partial charge in [0.15, 0.2) is 0 Å². The third kappa shape index (κ3) is 9.16. The number of nitrogens with one attached hydrogen (secondary N) is 2. The number of likely N-dealkylation sites (N-methyl/N-ethyl adjacent to an activating group) is 1. The monoisotopic (exact) mass is 568 g/mol. The molecule has 42 heavy (non-hydrogen) atoms. The molecule has 224 valence electrons. The predicted octanol–water partition coefficient (Wildman–Crippen LogP) is 9.14. The Labute approximate surface area is 252 Å². The molecule has 0 saturated carbocycles. The van der Waals surface area contributed by atoms with Gasteiger partial charge in [-0.1, -0.05) is 63.3 Å². The lowest BCUT2D eigenvalue weighted by Gasteiger charge is -2.13. The van der Waals surface area contributed by atoms with Crippen molar-refractivity contribution < 1.29 is 9.90 Å². The van der Waals surface area contributed by atoms with E-state index in [2.05, 4.69) is 94.1 Å². The van der Waals surface area contributed by atoms with Gasteiger partial charge in [0.25, 0.3) is 0 Å². The van der Waals surface area contributed by atoms with E-state index in [1.54, 1.807) is 0 Å². The van der Waals surface area contributed by atoms with Gasteiger partial charge in [-0.3, -0.25) is 14.8 Å². The van der Waals surface area contributed by atoms with Crippen molar-refractivity contribution in [2.75, 3.05) is 7.05 Å². The number of allylic oxidation sites excluding steroid dienone is 9. The van der Waals surface area contributed by atoms with E-state index >= 15 is 0 Å². The molecule has 1 aliphatic heterocycles. The van der Waals surface area contributed by atoms with Crippen LogP contribution in [0.1, 0.15) is 95.2 Å². The van der Waals surface area contributed by atoms with E-state index in [1.807, 2.05) is 25.3 Å². The number of aliphatic imine (C=N–C) groups is 2. The molecule has 1 aromatic rings. The third-order valence-electron chi connectivity index (χ3n) is 7.49. The number of hydrogen-bond acceptors (Lipinski definition) is 4. The normalized spacial score (nSPS) is 24.3. The molecular weight excluding hydrogens is 520 g/mol. The van der Waals surface area contributed by atoms with Gasteiger partial charge in [-0.15, -0.1) is 0 Å². The standard InChI is InChI=1S/C36H48N4O2/c1-10-16-31-24(5)17-14-18-27(11-2)25(6)32(37-8)23-35-30(13-4)26(7)33(40-35)21-28(12-3)39-29(22-34(31)38-9)19-15-20-36(41)42/h11,13-14,18,21-23,37,40H,2,4,9-10,12,15-17,19-20H2,1,3,5-8H3,(H,41,42)/b18-14+,27-25-,28-21-,31-24-,32-23-,34-22-,39-29+. The minimum absolute atomic E-state index is 0.0802. The van der Waals surface area contributed by atoms with Crippen molar-refractivity contribution in [2.45, 2.75) is 79.6 Å². The van der Waals surface area contributed by atoms with Crippen LogP contribution < -0.4 is 5.32 Å². The van der Waals surface area contributed by atoms with Gasteiger partial charge in [-0.25, -0.2) is 0 Å². The van der Waals surface area contributed by atoms with Crippen molar-refractivity contribution in [3.8, 4) is 0 Å². The zero-order valence-corrected chi connectivity index (χ0v) is 26.4. The summed E-state index contributed by atoms with van der Waals surface area (Å²) in [5.41, 5.74) is 11.9. The largest absolute Gasteiger partial charge is 0.481 e. The second-order valence-electron chi connectivity index (χ2n) is 10.4. The van der Waals surface area contributed by atoms with E-state index in [0.29, 0.717) is 19.3 Å². The molecule has 0 spiro atoms. The van der Waals surface area contributed by atoms with Gasteiger partial charge < -0.3 is 15.4 Å². The molecule has 0 aliphatic carbocycles. The number of aliphatic carboxylic acids is 1. The molecule has 0 atom stereocenters. The molecule has 0 saturated heterocycles. The lowest BCUT2D eigenvalue weighted by molar-refractivity contribution is -0.137. The van der Waals surface area contributed by atoms with Gasteiger partial charge in [-0.05, 0) is 100 Å². The smallest absolute Gasteiger partial charge is 0.303 e. The van der Waals surface area contributed by atoms with Crippen molar-refractivity contribution >= 4 is 36.6 Å². The fourth-order valence-corrected chi connectivity index (χ4v) is 5.02. The van der Waals surface area contributed by atoms with Crippen LogP contribution in [0.25, 0.3) is 18.2 Å². The van der Waals surface area contributed by atoms with Crippen LogP contribution in [0.5, 0.6) is 0 Å². The van der Waals surface area contributed by atoms with E-state index in [4.69, 9.17) is 4.99 Å². The molecule has 6 heteroatoms. The lowest BCUT2D eigenvalue weighted by Crippen LogP contribution is -2.08. The molecule has 0 radical (unpaired) electrons. The van der Waals surface area contributed by atoms with Gasteiger partial charge >= 0.3 is 5.97 Å². The van der Waals surface area contributed by atoms with Crippen LogP contribution in [-0.2, 0) is 4.79 Å². The number of carbonyl (C=O) groups is 1. The van der Waals surface area contributed by atoms with Crippen LogP contribution >= 0.6 is 0 Å². The molecule has 6 nitrogen and oxygen atoms in total. The Kier molecular flexibility index (Phi) is 13.7. The Morgan fingerprint density at radius 2 is 1.86 bits per heavy atom. The first kappa shape index (κ1) is 34.0. The first-order chi connectivity index (χ1) is 20.1. The number of hydrogen-bond donors (Lipinski definition) is 3. The quantitative estimate of drug-likeness (QED) is 0.233. The van der Waals surface area contributed by atoms with Crippen LogP contribution in [0.2, 0.25) is 0 Å². The summed E-state index contributed by atoms with van der Waals surface area (Å²) in [6.07, 6.45) is 18.6. The van der Waals surface area contributed by atoms with Gasteiger partial charge in [0.1, 0.15) is 0 Å². The van der Waals surface area contributed by atoms with Crippen LogP contribution in [-0.4, -0.2) is 35.5 Å². The topological polar surface area (TPSA) is 89.8 Å². The maximum atomic E-state index is 11.3. The van der Waals surface area contributed by atoms with Crippen LogP contribution in [0.3, 0.4) is 0 Å². The average Bonchev–Trinajstić information content (AvgIpc) is 3.26. The molecule has 2 heterocycles. The van der Waals surface area contributed by atoms with Crippen molar-refractivity contribution in [2.24, 2.45) is 9.98 Å². The minimum atomic E-state index is -0.814. The highest BCUT2D eigenvalue weighted by Gasteiger charge is 2.14.